The zero-order valence-corrected chi connectivity index (χ0v) is 12.9. The van der Waals surface area contributed by atoms with Gasteiger partial charge in [0.25, 0.3) is 0 Å². The molecule has 0 aromatic carbocycles. The molecule has 0 saturated carbocycles. The SMILES string of the molecule is C=CC(C(C)N(N)C1C(C)=CC(C)=CC1Cl)S(=O)[O-]. The van der Waals surface area contributed by atoms with Crippen LogP contribution in [0.3, 0.4) is 0 Å². The van der Waals surface area contributed by atoms with Crippen molar-refractivity contribution < 1.29 is 8.76 Å². The van der Waals surface area contributed by atoms with Crippen molar-refractivity contribution in [2.45, 2.75) is 43.5 Å². The van der Waals surface area contributed by atoms with Crippen molar-refractivity contribution in [3.63, 3.8) is 0 Å². The minimum Gasteiger partial charge on any atom is -0.772 e. The number of nitrogens with two attached hydrogens (primary N) is 1. The summed E-state index contributed by atoms with van der Waals surface area (Å²) in [5.74, 6) is 6.09. The van der Waals surface area contributed by atoms with Crippen LogP contribution in [0.4, 0.5) is 0 Å². The molecule has 19 heavy (non-hydrogen) atoms. The summed E-state index contributed by atoms with van der Waals surface area (Å²) in [6.07, 6.45) is 5.32. The fourth-order valence-corrected chi connectivity index (χ4v) is 3.49. The van der Waals surface area contributed by atoms with Crippen molar-refractivity contribution in [1.29, 1.82) is 0 Å². The van der Waals surface area contributed by atoms with E-state index < -0.39 is 22.4 Å². The average Bonchev–Trinajstić information content (AvgIpc) is 2.27. The molecule has 0 aromatic heterocycles. The second kappa shape index (κ2) is 6.81. The second-order valence-corrected chi connectivity index (χ2v) is 6.41. The first-order chi connectivity index (χ1) is 8.79. The predicted octanol–water partition coefficient (Wildman–Crippen LogP) is 1.87. The number of halogens is 1. The first kappa shape index (κ1) is 16.6. The van der Waals surface area contributed by atoms with Crippen LogP contribution in [0.15, 0.2) is 36.0 Å². The van der Waals surface area contributed by atoms with Gasteiger partial charge in [-0.05, 0) is 31.9 Å². The van der Waals surface area contributed by atoms with E-state index >= 15 is 0 Å². The van der Waals surface area contributed by atoms with Gasteiger partial charge in [-0.15, -0.1) is 18.2 Å². The normalized spacial score (nSPS) is 28.4. The maximum Gasteiger partial charge on any atom is 0.0729 e. The molecule has 4 nitrogen and oxygen atoms in total. The van der Waals surface area contributed by atoms with Gasteiger partial charge in [0, 0.05) is 6.04 Å². The summed E-state index contributed by atoms with van der Waals surface area (Å²) < 4.78 is 22.3. The lowest BCUT2D eigenvalue weighted by Crippen LogP contribution is -2.55. The van der Waals surface area contributed by atoms with Gasteiger partial charge in [-0.25, -0.2) is 5.01 Å². The molecule has 5 unspecified atom stereocenters. The van der Waals surface area contributed by atoms with E-state index in [9.17, 15) is 8.76 Å². The van der Waals surface area contributed by atoms with Gasteiger partial charge in [-0.3, -0.25) is 10.1 Å². The molecule has 0 heterocycles. The maximum atomic E-state index is 11.2. The van der Waals surface area contributed by atoms with Gasteiger partial charge in [0.2, 0.25) is 0 Å². The molecule has 108 valence electrons. The van der Waals surface area contributed by atoms with Crippen LogP contribution in [0, 0.1) is 0 Å². The molecule has 0 bridgehead atoms. The molecule has 1 aliphatic carbocycles. The monoisotopic (exact) mass is 303 g/mol. The highest BCUT2D eigenvalue weighted by atomic mass is 35.5. The van der Waals surface area contributed by atoms with Crippen molar-refractivity contribution in [2.75, 3.05) is 0 Å². The Balaban J connectivity index is 2.94. The van der Waals surface area contributed by atoms with Gasteiger partial charge < -0.3 is 4.55 Å². The summed E-state index contributed by atoms with van der Waals surface area (Å²) in [6.45, 7) is 9.22. The van der Waals surface area contributed by atoms with E-state index in [1.54, 1.807) is 6.92 Å². The van der Waals surface area contributed by atoms with Crippen molar-refractivity contribution in [3.05, 3.63) is 36.0 Å². The van der Waals surface area contributed by atoms with Crippen LogP contribution < -0.4 is 5.84 Å². The molecule has 0 spiro atoms. The second-order valence-electron chi connectivity index (χ2n) is 4.84. The molecule has 0 saturated heterocycles. The highest BCUT2D eigenvalue weighted by Gasteiger charge is 2.32. The van der Waals surface area contributed by atoms with Gasteiger partial charge in [0.05, 0.1) is 16.7 Å². The maximum absolute atomic E-state index is 11.2. The summed E-state index contributed by atoms with van der Waals surface area (Å²) in [4.78, 5) is 0. The Hall–Kier alpha value is -0.460. The first-order valence-corrected chi connectivity index (χ1v) is 7.61. The van der Waals surface area contributed by atoms with Crippen molar-refractivity contribution in [3.8, 4) is 0 Å². The lowest BCUT2D eigenvalue weighted by atomic mass is 9.94. The molecule has 2 N–H and O–H groups in total. The highest BCUT2D eigenvalue weighted by molar-refractivity contribution is 7.80. The fraction of sp³-hybridized carbons (Fsp3) is 0.538. The zero-order chi connectivity index (χ0) is 14.7. The number of hydrazine groups is 1. The van der Waals surface area contributed by atoms with Crippen LogP contribution in [0.25, 0.3) is 0 Å². The number of nitrogens with zero attached hydrogens (tertiary/aromatic N) is 1. The Bertz CT molecular complexity index is 436. The average molecular weight is 304 g/mol. The summed E-state index contributed by atoms with van der Waals surface area (Å²) in [7, 11) is 0. The van der Waals surface area contributed by atoms with E-state index in [0.717, 1.165) is 11.1 Å². The van der Waals surface area contributed by atoms with Crippen LogP contribution in [0.1, 0.15) is 20.8 Å². The minimum absolute atomic E-state index is 0.216. The molecule has 0 amide bonds. The molecule has 0 aliphatic heterocycles. The van der Waals surface area contributed by atoms with E-state index in [1.165, 1.54) is 11.1 Å². The number of rotatable bonds is 5. The van der Waals surface area contributed by atoms with Gasteiger partial charge >= 0.3 is 0 Å². The number of hydrogen-bond donors (Lipinski definition) is 1. The third-order valence-electron chi connectivity index (χ3n) is 3.37. The minimum atomic E-state index is -2.26. The summed E-state index contributed by atoms with van der Waals surface area (Å²) in [5, 5.41) is 0.505. The van der Waals surface area contributed by atoms with E-state index in [0.29, 0.717) is 0 Å². The largest absolute Gasteiger partial charge is 0.772 e. The Morgan fingerprint density at radius 3 is 2.63 bits per heavy atom. The first-order valence-electron chi connectivity index (χ1n) is 6.04. The Kier molecular flexibility index (Phi) is 5.95. The fourth-order valence-electron chi connectivity index (χ4n) is 2.34. The molecule has 5 atom stereocenters. The molecule has 1 aliphatic rings. The van der Waals surface area contributed by atoms with Gasteiger partial charge in [-0.2, -0.15) is 0 Å². The van der Waals surface area contributed by atoms with Crippen LogP contribution in [-0.2, 0) is 11.1 Å². The van der Waals surface area contributed by atoms with Crippen molar-refractivity contribution in [1.82, 2.24) is 5.01 Å². The van der Waals surface area contributed by atoms with Gasteiger partial charge in [0.1, 0.15) is 0 Å². The molecular formula is C13H20ClN2O2S-. The highest BCUT2D eigenvalue weighted by Crippen LogP contribution is 2.27. The Labute approximate surface area is 122 Å². The van der Waals surface area contributed by atoms with Crippen LogP contribution in [-0.4, -0.2) is 36.5 Å². The zero-order valence-electron chi connectivity index (χ0n) is 11.4. The van der Waals surface area contributed by atoms with Crippen LogP contribution >= 0.6 is 11.6 Å². The number of hydrogen-bond acceptors (Lipinski definition) is 4. The topological polar surface area (TPSA) is 69.4 Å². The quantitative estimate of drug-likeness (QED) is 0.277. The van der Waals surface area contributed by atoms with E-state index in [2.05, 4.69) is 6.58 Å². The third kappa shape index (κ3) is 3.77. The van der Waals surface area contributed by atoms with Gasteiger partial charge in [0.15, 0.2) is 0 Å². The summed E-state index contributed by atoms with van der Waals surface area (Å²) in [5.41, 5.74) is 2.11. The lowest BCUT2D eigenvalue weighted by molar-refractivity contribution is 0.169. The van der Waals surface area contributed by atoms with E-state index in [4.69, 9.17) is 17.4 Å². The molecule has 0 radical (unpaired) electrons. The van der Waals surface area contributed by atoms with Crippen LogP contribution in [0.5, 0.6) is 0 Å². The predicted molar refractivity (Wildman–Crippen MR) is 79.3 cm³/mol. The number of allylic oxidation sites excluding steroid dienone is 2. The molecule has 0 aromatic rings. The smallest absolute Gasteiger partial charge is 0.0729 e. The van der Waals surface area contributed by atoms with Gasteiger partial charge in [-0.1, -0.05) is 29.4 Å². The Morgan fingerprint density at radius 2 is 2.21 bits per heavy atom. The molecule has 1 rings (SSSR count). The Morgan fingerprint density at radius 1 is 1.63 bits per heavy atom. The standard InChI is InChI=1S/C13H21ClN2O2S/c1-5-12(19(17)18)10(4)16(15)13-9(3)6-8(2)7-11(13)14/h5-7,10-13H,1,15H2,2-4H3,(H,17,18)/p-1. The lowest BCUT2D eigenvalue weighted by Gasteiger charge is -2.39. The van der Waals surface area contributed by atoms with Crippen molar-refractivity contribution >= 4 is 22.7 Å². The van der Waals surface area contributed by atoms with E-state index in [-0.39, 0.29) is 11.4 Å². The van der Waals surface area contributed by atoms with Crippen LogP contribution in [0.2, 0.25) is 0 Å². The molecule has 6 heteroatoms. The van der Waals surface area contributed by atoms with Crippen molar-refractivity contribution in [2.24, 2.45) is 5.84 Å². The van der Waals surface area contributed by atoms with E-state index in [1.807, 2.05) is 26.0 Å². The molecular weight excluding hydrogens is 284 g/mol. The number of alkyl halides is 1. The molecule has 0 fully saturated rings. The third-order valence-corrected chi connectivity index (χ3v) is 4.76. The summed E-state index contributed by atoms with van der Waals surface area (Å²) in [6, 6.07) is -0.622. The summed E-state index contributed by atoms with van der Waals surface area (Å²) >= 11 is 4.06.